The average Bonchev–Trinajstić information content (AvgIpc) is 3.50. The number of nitrogens with one attached hydrogen (secondary N) is 1. The van der Waals surface area contributed by atoms with Gasteiger partial charge in [0.05, 0.1) is 6.04 Å². The maximum atomic E-state index is 14.0. The molecule has 1 aromatic heterocycles. The Labute approximate surface area is 268 Å². The molecule has 3 N–H and O–H groups in total. The highest BCUT2D eigenvalue weighted by atomic mass is 35.5. The topological polar surface area (TPSA) is 104 Å². The summed E-state index contributed by atoms with van der Waals surface area (Å²) in [5, 5.41) is 13.0. The molecule has 4 rings (SSSR count). The quantitative estimate of drug-likeness (QED) is 0.213. The summed E-state index contributed by atoms with van der Waals surface area (Å²) < 4.78 is 0. The zero-order chi connectivity index (χ0) is 30.9. The van der Waals surface area contributed by atoms with Gasteiger partial charge < -0.3 is 20.9 Å². The van der Waals surface area contributed by atoms with Crippen LogP contribution in [0.5, 0.6) is 0 Å². The standard InChI is InChI=1S/C32H42Cl2N6O2S/c1-21(2)14-27-19-40(31(42)29(35)16-24-11-12-25(33)17-28(24)34)26(10-7-13-36-32-38-37-20-43-32)18-39(27)30(41)15-22(3)23-8-5-4-6-9-23/h4-6,8-9,11-12,17,20-22,26-27,29H,7,10,13-16,18-19,35H2,1-3H3,(H,36,38)/t22?,26-,27+,29?/m0/s1. The van der Waals surface area contributed by atoms with E-state index in [-0.39, 0.29) is 29.8 Å². The number of rotatable bonds is 13. The molecule has 1 aliphatic rings. The highest BCUT2D eigenvalue weighted by molar-refractivity contribution is 7.13. The van der Waals surface area contributed by atoms with Gasteiger partial charge in [-0.1, -0.05) is 91.7 Å². The van der Waals surface area contributed by atoms with E-state index in [0.717, 1.165) is 35.5 Å². The number of piperazine rings is 1. The van der Waals surface area contributed by atoms with Crippen molar-refractivity contribution < 1.29 is 9.59 Å². The minimum Gasteiger partial charge on any atom is -0.360 e. The van der Waals surface area contributed by atoms with E-state index in [1.807, 2.05) is 34.1 Å². The lowest BCUT2D eigenvalue weighted by atomic mass is 9.92. The first kappa shape index (κ1) is 33.2. The molecule has 2 aromatic carbocycles. The summed E-state index contributed by atoms with van der Waals surface area (Å²) in [6, 6.07) is 14.4. The molecule has 0 radical (unpaired) electrons. The van der Waals surface area contributed by atoms with Gasteiger partial charge >= 0.3 is 0 Å². The van der Waals surface area contributed by atoms with E-state index in [9.17, 15) is 9.59 Å². The molecule has 0 spiro atoms. The number of halogens is 2. The molecule has 2 amide bonds. The van der Waals surface area contributed by atoms with Crippen molar-refractivity contribution in [1.82, 2.24) is 20.0 Å². The fraction of sp³-hybridized carbons (Fsp3) is 0.500. The maximum absolute atomic E-state index is 14.0. The highest BCUT2D eigenvalue weighted by Gasteiger charge is 2.40. The zero-order valence-corrected chi connectivity index (χ0v) is 27.4. The van der Waals surface area contributed by atoms with E-state index in [1.165, 1.54) is 11.3 Å². The van der Waals surface area contributed by atoms with Crippen molar-refractivity contribution in [2.75, 3.05) is 25.0 Å². The number of nitrogens with two attached hydrogens (primary N) is 1. The van der Waals surface area contributed by atoms with Crippen LogP contribution >= 0.6 is 34.5 Å². The van der Waals surface area contributed by atoms with Crippen molar-refractivity contribution >= 4 is 51.5 Å². The molecule has 11 heteroatoms. The molecule has 8 nitrogen and oxygen atoms in total. The molecule has 232 valence electrons. The summed E-state index contributed by atoms with van der Waals surface area (Å²) in [4.78, 5) is 31.8. The molecular weight excluding hydrogens is 603 g/mol. The molecule has 1 saturated heterocycles. The molecule has 3 aromatic rings. The van der Waals surface area contributed by atoms with Gasteiger partial charge in [-0.05, 0) is 60.8 Å². The van der Waals surface area contributed by atoms with Crippen LogP contribution in [0.4, 0.5) is 5.13 Å². The number of benzene rings is 2. The number of nitrogens with zero attached hydrogens (tertiary/aromatic N) is 4. The molecular formula is C32H42Cl2N6O2S. The minimum absolute atomic E-state index is 0.0819. The number of carbonyl (C=O) groups is 2. The summed E-state index contributed by atoms with van der Waals surface area (Å²) in [6.07, 6.45) is 3.05. The third kappa shape index (κ3) is 9.38. The zero-order valence-electron chi connectivity index (χ0n) is 25.1. The Kier molecular flexibility index (Phi) is 12.2. The third-order valence-electron chi connectivity index (χ3n) is 8.02. The normalized spacial score (nSPS) is 18.5. The van der Waals surface area contributed by atoms with Gasteiger partial charge in [0.1, 0.15) is 5.51 Å². The molecule has 0 saturated carbocycles. The molecule has 1 fully saturated rings. The van der Waals surface area contributed by atoms with Crippen LogP contribution in [0, 0.1) is 5.92 Å². The Morgan fingerprint density at radius 3 is 2.49 bits per heavy atom. The van der Waals surface area contributed by atoms with E-state index >= 15 is 0 Å². The molecule has 0 aliphatic carbocycles. The van der Waals surface area contributed by atoms with Crippen LogP contribution in [0.2, 0.25) is 10.0 Å². The fourth-order valence-electron chi connectivity index (χ4n) is 5.80. The van der Waals surface area contributed by atoms with Crippen molar-refractivity contribution in [3.8, 4) is 0 Å². The number of hydrogen-bond acceptors (Lipinski definition) is 7. The average molecular weight is 646 g/mol. The minimum atomic E-state index is -0.763. The lowest BCUT2D eigenvalue weighted by molar-refractivity contribution is -0.148. The van der Waals surface area contributed by atoms with Gasteiger partial charge in [0.15, 0.2) is 0 Å². The van der Waals surface area contributed by atoms with Crippen LogP contribution < -0.4 is 11.1 Å². The Hall–Kier alpha value is -2.72. The second kappa shape index (κ2) is 15.8. The van der Waals surface area contributed by atoms with Crippen LogP contribution in [0.25, 0.3) is 0 Å². The largest absolute Gasteiger partial charge is 0.360 e. The Morgan fingerprint density at radius 2 is 1.81 bits per heavy atom. The van der Waals surface area contributed by atoms with Gasteiger partial charge in [0.2, 0.25) is 16.9 Å². The van der Waals surface area contributed by atoms with Crippen molar-refractivity contribution in [3.63, 3.8) is 0 Å². The predicted octanol–water partition coefficient (Wildman–Crippen LogP) is 6.25. The predicted molar refractivity (Wildman–Crippen MR) is 176 cm³/mol. The molecule has 4 atom stereocenters. The van der Waals surface area contributed by atoms with Gasteiger partial charge in [-0.3, -0.25) is 9.59 Å². The number of aromatic nitrogens is 2. The number of hydrogen-bond donors (Lipinski definition) is 2. The van der Waals surface area contributed by atoms with E-state index < -0.39 is 6.04 Å². The number of carbonyl (C=O) groups excluding carboxylic acids is 2. The van der Waals surface area contributed by atoms with Crippen LogP contribution in [0.15, 0.2) is 54.0 Å². The van der Waals surface area contributed by atoms with Gasteiger partial charge in [0, 0.05) is 48.2 Å². The van der Waals surface area contributed by atoms with Gasteiger partial charge in [-0.2, -0.15) is 0 Å². The van der Waals surface area contributed by atoms with Crippen molar-refractivity contribution in [1.29, 1.82) is 0 Å². The first-order valence-corrected chi connectivity index (χ1v) is 16.6. The second-order valence-electron chi connectivity index (χ2n) is 11.8. The fourth-order valence-corrected chi connectivity index (χ4v) is 6.76. The van der Waals surface area contributed by atoms with Crippen molar-refractivity contribution in [2.45, 2.75) is 76.9 Å². The summed E-state index contributed by atoms with van der Waals surface area (Å²) in [5.74, 6) is 0.466. The molecule has 1 aliphatic heterocycles. The van der Waals surface area contributed by atoms with E-state index in [0.29, 0.717) is 48.4 Å². The SMILES string of the molecule is CC(C)C[C@@H]1CN(C(=O)C(N)Cc2ccc(Cl)cc2Cl)[C@@H](CCCNc2nncs2)CN1C(=O)CC(C)c1ccccc1. The maximum Gasteiger partial charge on any atom is 0.240 e. The van der Waals surface area contributed by atoms with Crippen LogP contribution in [0.3, 0.4) is 0 Å². The summed E-state index contributed by atoms with van der Waals surface area (Å²) in [7, 11) is 0. The van der Waals surface area contributed by atoms with Gasteiger partial charge in [-0.25, -0.2) is 0 Å². The number of amides is 2. The molecule has 43 heavy (non-hydrogen) atoms. The molecule has 2 unspecified atom stereocenters. The third-order valence-corrected chi connectivity index (χ3v) is 9.25. The Morgan fingerprint density at radius 1 is 1.07 bits per heavy atom. The first-order valence-electron chi connectivity index (χ1n) is 15.0. The summed E-state index contributed by atoms with van der Waals surface area (Å²) in [5.41, 5.74) is 10.2. The van der Waals surface area contributed by atoms with Crippen molar-refractivity contribution in [2.24, 2.45) is 11.7 Å². The summed E-state index contributed by atoms with van der Waals surface area (Å²) in [6.45, 7) is 8.04. The van der Waals surface area contributed by atoms with Gasteiger partial charge in [-0.15, -0.1) is 10.2 Å². The van der Waals surface area contributed by atoms with Crippen LogP contribution in [0.1, 0.15) is 63.5 Å². The Balaban J connectivity index is 1.52. The summed E-state index contributed by atoms with van der Waals surface area (Å²) >= 11 is 13.9. The van der Waals surface area contributed by atoms with Crippen LogP contribution in [-0.4, -0.2) is 69.6 Å². The smallest absolute Gasteiger partial charge is 0.240 e. The molecule has 2 heterocycles. The molecule has 0 bridgehead atoms. The second-order valence-corrected chi connectivity index (χ2v) is 13.5. The van der Waals surface area contributed by atoms with E-state index in [2.05, 4.69) is 48.4 Å². The Bertz CT molecular complexity index is 1330. The lowest BCUT2D eigenvalue weighted by Crippen LogP contribution is -2.63. The van der Waals surface area contributed by atoms with E-state index in [1.54, 1.807) is 17.6 Å². The first-order chi connectivity index (χ1) is 20.6. The van der Waals surface area contributed by atoms with Gasteiger partial charge in [0.25, 0.3) is 0 Å². The van der Waals surface area contributed by atoms with Crippen molar-refractivity contribution in [3.05, 3.63) is 75.2 Å². The lowest BCUT2D eigenvalue weighted by Gasteiger charge is -2.48. The van der Waals surface area contributed by atoms with E-state index in [4.69, 9.17) is 28.9 Å². The number of anilines is 1. The van der Waals surface area contributed by atoms with Crippen LogP contribution in [-0.2, 0) is 16.0 Å². The monoisotopic (exact) mass is 644 g/mol. The highest BCUT2D eigenvalue weighted by Crippen LogP contribution is 2.29.